The molecule has 1 aromatic rings. The number of allylic oxidation sites excluding steroid dienone is 1. The van der Waals surface area contributed by atoms with Crippen molar-refractivity contribution in [2.45, 2.75) is 110 Å². The number of benzene rings is 1. The van der Waals surface area contributed by atoms with Gasteiger partial charge in [-0.2, -0.15) is 5.26 Å². The summed E-state index contributed by atoms with van der Waals surface area (Å²) in [5.41, 5.74) is 3.34. The third-order valence-electron chi connectivity index (χ3n) is 11.5. The van der Waals surface area contributed by atoms with E-state index in [-0.39, 0.29) is 0 Å². The Morgan fingerprint density at radius 1 is 1.11 bits per heavy atom. The molecular formula is C32H45NO2. The van der Waals surface area contributed by atoms with Crippen LogP contribution in [0.2, 0.25) is 0 Å². The highest BCUT2D eigenvalue weighted by Crippen LogP contribution is 2.67. The molecular weight excluding hydrogens is 430 g/mol. The number of aliphatic hydroxyl groups is 2. The van der Waals surface area contributed by atoms with E-state index in [0.717, 1.165) is 67.8 Å². The van der Waals surface area contributed by atoms with E-state index in [4.69, 9.17) is 5.26 Å². The van der Waals surface area contributed by atoms with Crippen LogP contribution in [0.15, 0.2) is 35.9 Å². The molecule has 35 heavy (non-hydrogen) atoms. The topological polar surface area (TPSA) is 64.2 Å². The Balaban J connectivity index is 1.23. The molecule has 0 aromatic heterocycles. The van der Waals surface area contributed by atoms with Gasteiger partial charge in [0.15, 0.2) is 0 Å². The van der Waals surface area contributed by atoms with Crippen LogP contribution in [0, 0.1) is 45.8 Å². The van der Waals surface area contributed by atoms with Gasteiger partial charge in [0.1, 0.15) is 0 Å². The Morgan fingerprint density at radius 2 is 1.94 bits per heavy atom. The van der Waals surface area contributed by atoms with Crippen LogP contribution >= 0.6 is 0 Å². The van der Waals surface area contributed by atoms with Gasteiger partial charge in [-0.05, 0) is 123 Å². The van der Waals surface area contributed by atoms with Gasteiger partial charge in [0.25, 0.3) is 0 Å². The summed E-state index contributed by atoms with van der Waals surface area (Å²) in [5.74, 6) is 3.18. The summed E-state index contributed by atoms with van der Waals surface area (Å²) in [6.45, 7) is 7.27. The lowest BCUT2D eigenvalue weighted by molar-refractivity contribution is -0.0718. The molecule has 0 spiro atoms. The molecule has 0 amide bonds. The van der Waals surface area contributed by atoms with E-state index in [1.54, 1.807) is 11.6 Å². The monoisotopic (exact) mass is 475 g/mol. The maximum absolute atomic E-state index is 11.0. The van der Waals surface area contributed by atoms with Crippen molar-refractivity contribution in [2.75, 3.05) is 0 Å². The zero-order valence-electron chi connectivity index (χ0n) is 22.1. The molecule has 0 bridgehead atoms. The second kappa shape index (κ2) is 9.35. The van der Waals surface area contributed by atoms with Gasteiger partial charge in [-0.3, -0.25) is 0 Å². The van der Waals surface area contributed by atoms with Crippen LogP contribution in [0.1, 0.15) is 115 Å². The number of hydrogen-bond acceptors (Lipinski definition) is 3. The molecule has 0 saturated heterocycles. The molecule has 0 radical (unpaired) electrons. The van der Waals surface area contributed by atoms with Crippen molar-refractivity contribution < 1.29 is 10.2 Å². The summed E-state index contributed by atoms with van der Waals surface area (Å²) in [6, 6.07) is 9.63. The van der Waals surface area contributed by atoms with Gasteiger partial charge in [-0.25, -0.2) is 0 Å². The number of fused-ring (bicyclic) bond motifs is 5. The molecule has 4 aliphatic rings. The Labute approximate surface area is 212 Å². The van der Waals surface area contributed by atoms with Gasteiger partial charge in [0.2, 0.25) is 0 Å². The lowest BCUT2D eigenvalue weighted by atomic mass is 9.46. The van der Waals surface area contributed by atoms with Crippen LogP contribution < -0.4 is 0 Å². The summed E-state index contributed by atoms with van der Waals surface area (Å²) in [4.78, 5) is 0. The smallest absolute Gasteiger partial charge is 0.0991 e. The lowest BCUT2D eigenvalue weighted by Crippen LogP contribution is -2.52. The van der Waals surface area contributed by atoms with Crippen LogP contribution in [-0.2, 0) is 0 Å². The average Bonchev–Trinajstić information content (AvgIpc) is 3.20. The number of rotatable bonds is 6. The number of nitrogens with zero attached hydrogens (tertiary/aromatic N) is 1. The second-order valence-corrected chi connectivity index (χ2v) is 13.0. The average molecular weight is 476 g/mol. The third-order valence-corrected chi connectivity index (χ3v) is 11.5. The van der Waals surface area contributed by atoms with Crippen LogP contribution in [0.4, 0.5) is 0 Å². The molecule has 8 atom stereocenters. The van der Waals surface area contributed by atoms with Crippen molar-refractivity contribution in [3.8, 4) is 6.07 Å². The van der Waals surface area contributed by atoms with Crippen molar-refractivity contribution in [3.05, 3.63) is 47.0 Å². The summed E-state index contributed by atoms with van der Waals surface area (Å²) in [7, 11) is 0. The van der Waals surface area contributed by atoms with E-state index in [2.05, 4.69) is 32.9 Å². The minimum absolute atomic E-state index is 0.297. The first kappa shape index (κ1) is 25.0. The van der Waals surface area contributed by atoms with Gasteiger partial charge < -0.3 is 10.2 Å². The zero-order chi connectivity index (χ0) is 24.8. The van der Waals surface area contributed by atoms with Gasteiger partial charge in [0.05, 0.1) is 23.3 Å². The van der Waals surface area contributed by atoms with E-state index >= 15 is 0 Å². The predicted octanol–water partition coefficient (Wildman–Crippen LogP) is 7.48. The molecule has 0 unspecified atom stereocenters. The summed E-state index contributed by atoms with van der Waals surface area (Å²) in [6.07, 6.45) is 15.6. The molecule has 3 heteroatoms. The van der Waals surface area contributed by atoms with Gasteiger partial charge in [-0.1, -0.05) is 51.0 Å². The second-order valence-electron chi connectivity index (χ2n) is 13.0. The first-order chi connectivity index (χ1) is 16.7. The summed E-state index contributed by atoms with van der Waals surface area (Å²) < 4.78 is 0. The Morgan fingerprint density at radius 3 is 2.71 bits per heavy atom. The van der Waals surface area contributed by atoms with E-state index in [1.165, 1.54) is 38.5 Å². The first-order valence-corrected chi connectivity index (χ1v) is 14.3. The van der Waals surface area contributed by atoms with Crippen LogP contribution in [0.25, 0.3) is 0 Å². The molecule has 2 N–H and O–H groups in total. The highest BCUT2D eigenvalue weighted by molar-refractivity contribution is 5.33. The molecule has 3 saturated carbocycles. The molecule has 190 valence electrons. The molecule has 0 aliphatic heterocycles. The van der Waals surface area contributed by atoms with Crippen LogP contribution in [0.3, 0.4) is 0 Å². The van der Waals surface area contributed by atoms with E-state index in [0.29, 0.717) is 16.4 Å². The maximum Gasteiger partial charge on any atom is 0.0991 e. The largest absolute Gasteiger partial charge is 0.390 e. The standard InChI is InChI=1S/C32H45NO2/c1-4-32(35)18-17-31(3)25(20-32)11-13-26-27-14-12-24(30(27,2)16-15-28(26)31)9-6-10-29(34)23-8-5-7-22(19-23)21-33/h5,7-8,11,19,24,26-29,34-35H,4,6,9-10,12-18,20H2,1-3H3/t24-,26-,27-,28-,29-,30+,31-,32-/m0/s1. The number of nitriles is 1. The SMILES string of the molecule is CC[C@]1(O)CC[C@@]2(C)C(=CC[C@H]3[C@@H]4CC[C@H](CCC[C@H](O)c5cccc(C#N)c5)[C@@]4(C)CC[C@@H]32)C1. The van der Waals surface area contributed by atoms with E-state index in [9.17, 15) is 10.2 Å². The van der Waals surface area contributed by atoms with E-state index < -0.39 is 11.7 Å². The number of hydrogen-bond donors (Lipinski definition) is 2. The quantitative estimate of drug-likeness (QED) is 0.419. The van der Waals surface area contributed by atoms with Gasteiger partial charge >= 0.3 is 0 Å². The van der Waals surface area contributed by atoms with Crippen molar-refractivity contribution >= 4 is 0 Å². The van der Waals surface area contributed by atoms with Crippen molar-refractivity contribution in [2.24, 2.45) is 34.5 Å². The fourth-order valence-corrected chi connectivity index (χ4v) is 9.14. The fourth-order valence-electron chi connectivity index (χ4n) is 9.14. The van der Waals surface area contributed by atoms with Crippen molar-refractivity contribution in [1.29, 1.82) is 5.26 Å². The van der Waals surface area contributed by atoms with Crippen LogP contribution in [-0.4, -0.2) is 15.8 Å². The molecule has 3 fully saturated rings. The normalized spacial score (nSPS) is 41.2. The maximum atomic E-state index is 11.0. The van der Waals surface area contributed by atoms with Crippen molar-refractivity contribution in [1.82, 2.24) is 0 Å². The first-order valence-electron chi connectivity index (χ1n) is 14.3. The van der Waals surface area contributed by atoms with Crippen molar-refractivity contribution in [3.63, 3.8) is 0 Å². The number of aliphatic hydroxyl groups excluding tert-OH is 1. The highest BCUT2D eigenvalue weighted by Gasteiger charge is 2.59. The molecule has 4 aliphatic carbocycles. The lowest BCUT2D eigenvalue weighted by Gasteiger charge is -2.59. The Kier molecular flexibility index (Phi) is 6.69. The molecule has 0 heterocycles. The summed E-state index contributed by atoms with van der Waals surface area (Å²) in [5, 5.41) is 30.9. The molecule has 3 nitrogen and oxygen atoms in total. The van der Waals surface area contributed by atoms with E-state index in [1.807, 2.05) is 18.2 Å². The zero-order valence-corrected chi connectivity index (χ0v) is 22.1. The fraction of sp³-hybridized carbons (Fsp3) is 0.719. The Bertz CT molecular complexity index is 1010. The highest BCUT2D eigenvalue weighted by atomic mass is 16.3. The predicted molar refractivity (Wildman–Crippen MR) is 140 cm³/mol. The third kappa shape index (κ3) is 4.30. The Hall–Kier alpha value is -1.63. The van der Waals surface area contributed by atoms with Gasteiger partial charge in [-0.15, -0.1) is 0 Å². The minimum Gasteiger partial charge on any atom is -0.390 e. The van der Waals surface area contributed by atoms with Crippen LogP contribution in [0.5, 0.6) is 0 Å². The summed E-state index contributed by atoms with van der Waals surface area (Å²) >= 11 is 0. The molecule has 5 rings (SSSR count). The van der Waals surface area contributed by atoms with Gasteiger partial charge in [0, 0.05) is 0 Å². The minimum atomic E-state index is -0.473. The molecule has 1 aromatic carbocycles.